The first-order chi connectivity index (χ1) is 13.2. The largest absolute Gasteiger partial charge is 0.340 e. The Labute approximate surface area is 159 Å². The van der Waals surface area contributed by atoms with E-state index in [2.05, 4.69) is 15.6 Å². The summed E-state index contributed by atoms with van der Waals surface area (Å²) in [6.07, 6.45) is 0. The molecule has 0 aliphatic carbocycles. The highest BCUT2D eigenvalue weighted by atomic mass is 32.1. The molecular weight excluding hydrogens is 363 g/mol. The van der Waals surface area contributed by atoms with E-state index in [9.17, 15) is 9.18 Å². The monoisotopic (exact) mass is 380 g/mol. The van der Waals surface area contributed by atoms with Crippen molar-refractivity contribution in [3.63, 3.8) is 0 Å². The van der Waals surface area contributed by atoms with E-state index in [1.54, 1.807) is 40.3 Å². The Morgan fingerprint density at radius 3 is 2.74 bits per heavy atom. The van der Waals surface area contributed by atoms with Crippen molar-refractivity contribution < 1.29 is 9.18 Å². The van der Waals surface area contributed by atoms with E-state index >= 15 is 0 Å². The molecule has 7 heteroatoms. The molecule has 1 atom stereocenters. The van der Waals surface area contributed by atoms with E-state index in [1.165, 1.54) is 12.1 Å². The van der Waals surface area contributed by atoms with Crippen LogP contribution in [0.4, 0.5) is 4.39 Å². The zero-order chi connectivity index (χ0) is 18.8. The topological polar surface area (TPSA) is 59.8 Å². The molecule has 0 bridgehead atoms. The number of carbonyl (C=O) groups is 1. The molecular formula is C20H17FN4OS. The maximum absolute atomic E-state index is 13.3. The molecule has 1 amide bonds. The Morgan fingerprint density at radius 1 is 1.22 bits per heavy atom. The molecule has 0 radical (unpaired) electrons. The summed E-state index contributed by atoms with van der Waals surface area (Å²) in [7, 11) is 0. The molecule has 5 nitrogen and oxygen atoms in total. The van der Waals surface area contributed by atoms with Crippen molar-refractivity contribution in [3.8, 4) is 0 Å². The Balaban J connectivity index is 1.64. The molecule has 2 aromatic carbocycles. The predicted molar refractivity (Wildman–Crippen MR) is 103 cm³/mol. The van der Waals surface area contributed by atoms with Gasteiger partial charge in [-0.3, -0.25) is 4.79 Å². The Hall–Kier alpha value is -3.06. The fourth-order valence-electron chi connectivity index (χ4n) is 2.99. The number of hydrogen-bond acceptors (Lipinski definition) is 4. The van der Waals surface area contributed by atoms with Gasteiger partial charge in [-0.2, -0.15) is 0 Å². The van der Waals surface area contributed by atoms with Gasteiger partial charge >= 0.3 is 0 Å². The molecule has 0 aliphatic rings. The Morgan fingerprint density at radius 2 is 2.04 bits per heavy atom. The molecule has 1 N–H and O–H groups in total. The van der Waals surface area contributed by atoms with Gasteiger partial charge in [-0.15, -0.1) is 16.4 Å². The molecule has 0 saturated carbocycles. The maximum Gasteiger partial charge on any atom is 0.252 e. The van der Waals surface area contributed by atoms with Gasteiger partial charge in [0.1, 0.15) is 11.3 Å². The lowest BCUT2D eigenvalue weighted by molar-refractivity contribution is 0.0943. The fourth-order valence-corrected chi connectivity index (χ4v) is 3.79. The van der Waals surface area contributed by atoms with E-state index in [-0.39, 0.29) is 17.8 Å². The van der Waals surface area contributed by atoms with E-state index in [1.807, 2.05) is 30.5 Å². The number of benzene rings is 2. The third kappa shape index (κ3) is 3.46. The Kier molecular flexibility index (Phi) is 4.68. The van der Waals surface area contributed by atoms with Gasteiger partial charge in [-0.05, 0) is 54.3 Å². The van der Waals surface area contributed by atoms with Gasteiger partial charge in [0, 0.05) is 17.0 Å². The van der Waals surface area contributed by atoms with Crippen LogP contribution in [0.15, 0.2) is 60.0 Å². The van der Waals surface area contributed by atoms with Crippen molar-refractivity contribution in [2.24, 2.45) is 0 Å². The van der Waals surface area contributed by atoms with Crippen LogP contribution >= 0.6 is 11.3 Å². The summed E-state index contributed by atoms with van der Waals surface area (Å²) in [5, 5.41) is 13.2. The number of aromatic nitrogens is 3. The molecule has 2 heterocycles. The SMILES string of the molecule is CCn1nnc2cc(C(=O)N[C@H](c3ccc(F)cc3)c3cccs3)ccc21. The first-order valence-corrected chi connectivity index (χ1v) is 9.46. The first kappa shape index (κ1) is 17.4. The van der Waals surface area contributed by atoms with Gasteiger partial charge in [0.25, 0.3) is 5.91 Å². The molecule has 136 valence electrons. The molecule has 2 aromatic heterocycles. The predicted octanol–water partition coefficient (Wildman–Crippen LogP) is 4.17. The number of fused-ring (bicyclic) bond motifs is 1. The summed E-state index contributed by atoms with van der Waals surface area (Å²) in [5.41, 5.74) is 2.90. The van der Waals surface area contributed by atoms with Gasteiger partial charge in [0.05, 0.1) is 11.6 Å². The quantitative estimate of drug-likeness (QED) is 0.565. The van der Waals surface area contributed by atoms with Crippen LogP contribution < -0.4 is 5.32 Å². The molecule has 0 fully saturated rings. The third-order valence-corrected chi connectivity index (χ3v) is 5.32. The molecule has 4 aromatic rings. The summed E-state index contributed by atoms with van der Waals surface area (Å²) in [6, 6.07) is 15.1. The van der Waals surface area contributed by atoms with Crippen LogP contribution in [0, 0.1) is 5.82 Å². The van der Waals surface area contributed by atoms with Gasteiger partial charge in [-0.1, -0.05) is 23.4 Å². The van der Waals surface area contributed by atoms with E-state index in [0.29, 0.717) is 17.6 Å². The smallest absolute Gasteiger partial charge is 0.252 e. The lowest BCUT2D eigenvalue weighted by Gasteiger charge is -2.18. The van der Waals surface area contributed by atoms with E-state index in [4.69, 9.17) is 0 Å². The number of rotatable bonds is 5. The minimum atomic E-state index is -0.347. The van der Waals surface area contributed by atoms with E-state index < -0.39 is 0 Å². The number of thiophene rings is 1. The average Bonchev–Trinajstić information content (AvgIpc) is 3.36. The van der Waals surface area contributed by atoms with Crippen LogP contribution in [0.5, 0.6) is 0 Å². The fraction of sp³-hybridized carbons (Fsp3) is 0.150. The number of carbonyl (C=O) groups excluding carboxylic acids is 1. The summed E-state index contributed by atoms with van der Waals surface area (Å²) < 4.78 is 15.1. The second kappa shape index (κ2) is 7.28. The zero-order valence-electron chi connectivity index (χ0n) is 14.6. The van der Waals surface area contributed by atoms with Crippen LogP contribution in [0.2, 0.25) is 0 Å². The number of hydrogen-bond donors (Lipinski definition) is 1. The summed E-state index contributed by atoms with van der Waals surface area (Å²) >= 11 is 1.54. The number of nitrogens with zero attached hydrogens (tertiary/aromatic N) is 3. The summed E-state index contributed by atoms with van der Waals surface area (Å²) in [5.74, 6) is -0.523. The van der Waals surface area contributed by atoms with Gasteiger partial charge in [0.2, 0.25) is 0 Å². The standard InChI is InChI=1S/C20H17FN4OS/c1-2-25-17-10-7-14(12-16(17)23-24-25)20(26)22-19(18-4-3-11-27-18)13-5-8-15(21)9-6-13/h3-12,19H,2H2,1H3,(H,22,26)/t19-/m1/s1. The number of aryl methyl sites for hydroxylation is 1. The average molecular weight is 380 g/mol. The third-order valence-electron chi connectivity index (χ3n) is 4.38. The minimum Gasteiger partial charge on any atom is -0.340 e. The molecule has 0 saturated heterocycles. The minimum absolute atomic E-state index is 0.217. The van der Waals surface area contributed by atoms with Crippen molar-refractivity contribution in [2.45, 2.75) is 19.5 Å². The lowest BCUT2D eigenvalue weighted by Crippen LogP contribution is -2.28. The van der Waals surface area contributed by atoms with Crippen LogP contribution in [0.3, 0.4) is 0 Å². The van der Waals surface area contributed by atoms with Crippen molar-refractivity contribution in [2.75, 3.05) is 0 Å². The van der Waals surface area contributed by atoms with Crippen molar-refractivity contribution in [3.05, 3.63) is 81.8 Å². The first-order valence-electron chi connectivity index (χ1n) is 8.58. The van der Waals surface area contributed by atoms with Gasteiger partial charge < -0.3 is 5.32 Å². The van der Waals surface area contributed by atoms with Crippen LogP contribution in [0.25, 0.3) is 11.0 Å². The van der Waals surface area contributed by atoms with Crippen LogP contribution in [0.1, 0.15) is 33.8 Å². The highest BCUT2D eigenvalue weighted by Gasteiger charge is 2.19. The molecule has 27 heavy (non-hydrogen) atoms. The molecule has 4 rings (SSSR count). The molecule has 0 aliphatic heterocycles. The lowest BCUT2D eigenvalue weighted by atomic mass is 10.0. The normalized spacial score (nSPS) is 12.2. The number of nitrogens with one attached hydrogen (secondary N) is 1. The van der Waals surface area contributed by atoms with Crippen molar-refractivity contribution in [1.29, 1.82) is 0 Å². The second-order valence-corrected chi connectivity index (χ2v) is 7.06. The second-order valence-electron chi connectivity index (χ2n) is 6.08. The van der Waals surface area contributed by atoms with Crippen molar-refractivity contribution in [1.82, 2.24) is 20.3 Å². The van der Waals surface area contributed by atoms with E-state index in [0.717, 1.165) is 16.0 Å². The van der Waals surface area contributed by atoms with Gasteiger partial charge in [-0.25, -0.2) is 9.07 Å². The van der Waals surface area contributed by atoms with Crippen LogP contribution in [-0.2, 0) is 6.54 Å². The van der Waals surface area contributed by atoms with Crippen molar-refractivity contribution >= 4 is 28.3 Å². The summed E-state index contributed by atoms with van der Waals surface area (Å²) in [4.78, 5) is 13.9. The van der Waals surface area contributed by atoms with Crippen LogP contribution in [-0.4, -0.2) is 20.9 Å². The highest BCUT2D eigenvalue weighted by Crippen LogP contribution is 2.27. The highest BCUT2D eigenvalue weighted by molar-refractivity contribution is 7.10. The molecule has 0 spiro atoms. The zero-order valence-corrected chi connectivity index (χ0v) is 15.4. The molecule has 0 unspecified atom stereocenters. The number of halogens is 1. The Bertz CT molecular complexity index is 1070. The maximum atomic E-state index is 13.3. The summed E-state index contributed by atoms with van der Waals surface area (Å²) in [6.45, 7) is 2.70. The number of amides is 1. The van der Waals surface area contributed by atoms with Gasteiger partial charge in [0.15, 0.2) is 0 Å².